The Kier molecular flexibility index (Phi) is 15.5. The van der Waals surface area contributed by atoms with Crippen LogP contribution in [0.5, 0.6) is 0 Å². The summed E-state index contributed by atoms with van der Waals surface area (Å²) in [5, 5.41) is 11.1. The first-order chi connectivity index (χ1) is 2.91. The van der Waals surface area contributed by atoms with Crippen LogP contribution in [-0.2, 0) is 0 Å². The van der Waals surface area contributed by atoms with Crippen molar-refractivity contribution in [2.45, 2.75) is 6.92 Å². The van der Waals surface area contributed by atoms with Crippen LogP contribution < -0.4 is 34.9 Å². The zero-order valence-electron chi connectivity index (χ0n) is 6.07. The zero-order valence-corrected chi connectivity index (χ0v) is 7.07. The molecule has 0 aliphatic rings. The van der Waals surface area contributed by atoms with E-state index < -0.39 is 0 Å². The maximum absolute atomic E-state index is 8.13. The number of hydrogen-bond donors (Lipinski definition) is 2. The van der Waals surface area contributed by atoms with Crippen molar-refractivity contribution in [2.24, 2.45) is 0 Å². The first kappa shape index (κ1) is 10.8. The van der Waals surface area contributed by atoms with Crippen molar-refractivity contribution < 1.29 is 36.1 Å². The average Bonchev–Trinajstić information content (AvgIpc) is 1.61. The SMILES string of the molecule is CCNCCO.[H-].[Na+]. The molecule has 40 valence electrons. The molecule has 2 nitrogen and oxygen atoms in total. The summed E-state index contributed by atoms with van der Waals surface area (Å²) in [5.74, 6) is 0. The van der Waals surface area contributed by atoms with Crippen LogP contribution in [0.4, 0.5) is 0 Å². The molecule has 0 spiro atoms. The van der Waals surface area contributed by atoms with E-state index in [0.717, 1.165) is 13.1 Å². The molecular formula is C4H12NNaO. The van der Waals surface area contributed by atoms with Crippen LogP contribution in [0.25, 0.3) is 0 Å². The van der Waals surface area contributed by atoms with Gasteiger partial charge < -0.3 is 11.8 Å². The van der Waals surface area contributed by atoms with Crippen molar-refractivity contribution in [3.8, 4) is 0 Å². The largest absolute Gasteiger partial charge is 1.00 e. The van der Waals surface area contributed by atoms with Gasteiger partial charge in [-0.3, -0.25) is 0 Å². The molecule has 0 atom stereocenters. The third kappa shape index (κ3) is 10.9. The summed E-state index contributed by atoms with van der Waals surface area (Å²) in [6.07, 6.45) is 0. The van der Waals surface area contributed by atoms with Gasteiger partial charge in [-0.25, -0.2) is 0 Å². The predicted molar refractivity (Wildman–Crippen MR) is 26.7 cm³/mol. The van der Waals surface area contributed by atoms with E-state index in [1.54, 1.807) is 0 Å². The summed E-state index contributed by atoms with van der Waals surface area (Å²) < 4.78 is 0. The second-order valence-corrected chi connectivity index (χ2v) is 1.08. The Bertz CT molecular complexity index is 28.0. The number of aliphatic hydroxyl groups is 1. The molecule has 0 rings (SSSR count). The van der Waals surface area contributed by atoms with Gasteiger partial charge in [-0.1, -0.05) is 6.92 Å². The van der Waals surface area contributed by atoms with Crippen molar-refractivity contribution >= 4 is 0 Å². The molecule has 0 aliphatic heterocycles. The molecule has 0 radical (unpaired) electrons. The molecule has 0 fully saturated rings. The van der Waals surface area contributed by atoms with Crippen LogP contribution in [0, 0.1) is 0 Å². The van der Waals surface area contributed by atoms with Crippen molar-refractivity contribution in [3.63, 3.8) is 0 Å². The fourth-order valence-electron chi connectivity index (χ4n) is 0.256. The van der Waals surface area contributed by atoms with E-state index in [9.17, 15) is 0 Å². The molecule has 2 N–H and O–H groups in total. The first-order valence-corrected chi connectivity index (χ1v) is 2.23. The monoisotopic (exact) mass is 113 g/mol. The summed E-state index contributed by atoms with van der Waals surface area (Å²) in [4.78, 5) is 0. The van der Waals surface area contributed by atoms with E-state index in [1.165, 1.54) is 0 Å². The summed E-state index contributed by atoms with van der Waals surface area (Å²) in [6, 6.07) is 0. The van der Waals surface area contributed by atoms with E-state index >= 15 is 0 Å². The molecule has 0 saturated heterocycles. The van der Waals surface area contributed by atoms with Gasteiger partial charge in [0.1, 0.15) is 0 Å². The summed E-state index contributed by atoms with van der Waals surface area (Å²) >= 11 is 0. The van der Waals surface area contributed by atoms with Gasteiger partial charge in [0.05, 0.1) is 6.61 Å². The standard InChI is InChI=1S/C4H11NO.Na.H/c1-2-5-3-4-6;;/h5-6H,2-4H2,1H3;;/q;+1;-1. The summed E-state index contributed by atoms with van der Waals surface area (Å²) in [6.45, 7) is 3.92. The van der Waals surface area contributed by atoms with Gasteiger partial charge in [-0.15, -0.1) is 0 Å². The number of rotatable bonds is 3. The van der Waals surface area contributed by atoms with Gasteiger partial charge in [0.25, 0.3) is 0 Å². The fourth-order valence-corrected chi connectivity index (χ4v) is 0.256. The Balaban J connectivity index is -0.000000125. The van der Waals surface area contributed by atoms with Gasteiger partial charge in [-0.2, -0.15) is 0 Å². The smallest absolute Gasteiger partial charge is 1.00 e. The minimum absolute atomic E-state index is 0. The maximum Gasteiger partial charge on any atom is 1.00 e. The second kappa shape index (κ2) is 10.0. The molecule has 0 aliphatic carbocycles. The molecule has 0 heterocycles. The van der Waals surface area contributed by atoms with Crippen LogP contribution in [0.3, 0.4) is 0 Å². The first-order valence-electron chi connectivity index (χ1n) is 2.23. The summed E-state index contributed by atoms with van der Waals surface area (Å²) in [7, 11) is 0. The molecule has 7 heavy (non-hydrogen) atoms. The minimum atomic E-state index is 0. The van der Waals surface area contributed by atoms with E-state index in [4.69, 9.17) is 5.11 Å². The Morgan fingerprint density at radius 2 is 2.29 bits per heavy atom. The van der Waals surface area contributed by atoms with Crippen molar-refractivity contribution in [3.05, 3.63) is 0 Å². The minimum Gasteiger partial charge on any atom is -1.00 e. The molecule has 0 aromatic carbocycles. The quantitative estimate of drug-likeness (QED) is 0.297. The van der Waals surface area contributed by atoms with Crippen LogP contribution in [0.2, 0.25) is 0 Å². The number of likely N-dealkylation sites (N-methyl/N-ethyl adjacent to an activating group) is 1. The Labute approximate surface area is 68.1 Å². The Hall–Kier alpha value is 0.920. The zero-order chi connectivity index (χ0) is 4.83. The van der Waals surface area contributed by atoms with Gasteiger partial charge in [0.2, 0.25) is 0 Å². The Morgan fingerprint density at radius 1 is 1.71 bits per heavy atom. The van der Waals surface area contributed by atoms with Crippen LogP contribution in [0.15, 0.2) is 0 Å². The van der Waals surface area contributed by atoms with E-state index in [-0.39, 0.29) is 37.6 Å². The van der Waals surface area contributed by atoms with E-state index in [2.05, 4.69) is 5.32 Å². The topological polar surface area (TPSA) is 32.3 Å². The molecule has 0 aromatic heterocycles. The predicted octanol–water partition coefficient (Wildman–Crippen LogP) is -3.30. The van der Waals surface area contributed by atoms with E-state index in [1.807, 2.05) is 6.92 Å². The van der Waals surface area contributed by atoms with Crippen LogP contribution in [-0.4, -0.2) is 24.8 Å². The molecule has 0 amide bonds. The number of hydrogen-bond acceptors (Lipinski definition) is 2. The second-order valence-electron chi connectivity index (χ2n) is 1.08. The molecule has 0 saturated carbocycles. The number of nitrogens with one attached hydrogen (secondary N) is 1. The summed E-state index contributed by atoms with van der Waals surface area (Å²) in [5.41, 5.74) is 0. The molecule has 0 unspecified atom stereocenters. The number of aliphatic hydroxyl groups excluding tert-OH is 1. The van der Waals surface area contributed by atoms with Crippen molar-refractivity contribution in [1.82, 2.24) is 5.32 Å². The molecule has 3 heteroatoms. The van der Waals surface area contributed by atoms with Gasteiger partial charge in [0.15, 0.2) is 0 Å². The Morgan fingerprint density at radius 3 is 2.43 bits per heavy atom. The molecule has 0 aromatic rings. The maximum atomic E-state index is 8.13. The average molecular weight is 113 g/mol. The van der Waals surface area contributed by atoms with Gasteiger partial charge in [-0.05, 0) is 6.54 Å². The van der Waals surface area contributed by atoms with Gasteiger partial charge in [0, 0.05) is 6.54 Å². The third-order valence-electron chi connectivity index (χ3n) is 0.539. The van der Waals surface area contributed by atoms with Crippen molar-refractivity contribution in [2.75, 3.05) is 19.7 Å². The normalized spacial score (nSPS) is 7.71. The molecule has 0 bridgehead atoms. The molecular weight excluding hydrogens is 101 g/mol. The third-order valence-corrected chi connectivity index (χ3v) is 0.539. The van der Waals surface area contributed by atoms with Crippen molar-refractivity contribution in [1.29, 1.82) is 0 Å². The van der Waals surface area contributed by atoms with Crippen LogP contribution in [0.1, 0.15) is 8.35 Å². The van der Waals surface area contributed by atoms with E-state index in [0.29, 0.717) is 0 Å². The van der Waals surface area contributed by atoms with Crippen LogP contribution >= 0.6 is 0 Å². The van der Waals surface area contributed by atoms with Gasteiger partial charge >= 0.3 is 29.6 Å². The fraction of sp³-hybridized carbons (Fsp3) is 1.00.